The van der Waals surface area contributed by atoms with E-state index >= 15 is 0 Å². The number of rotatable bonds is 6. The van der Waals surface area contributed by atoms with Crippen molar-refractivity contribution in [2.24, 2.45) is 5.73 Å². The number of aliphatic hydroxyl groups is 1. The van der Waals surface area contributed by atoms with Gasteiger partial charge in [0.2, 0.25) is 0 Å². The maximum absolute atomic E-state index is 9.21. The fourth-order valence-corrected chi connectivity index (χ4v) is 3.94. The molecule has 0 saturated heterocycles. The lowest BCUT2D eigenvalue weighted by molar-refractivity contribution is 0.131. The highest BCUT2D eigenvalue weighted by molar-refractivity contribution is 9.11. The Bertz CT molecular complexity index is 365. The SMILES string of the molecule is CC(N)C(c1ccc(Br)s1)N(CCO)C1CC1. The molecule has 1 fully saturated rings. The average molecular weight is 319 g/mol. The second-order valence-electron chi connectivity index (χ2n) is 4.64. The van der Waals surface area contributed by atoms with Gasteiger partial charge < -0.3 is 10.8 Å². The smallest absolute Gasteiger partial charge is 0.0702 e. The summed E-state index contributed by atoms with van der Waals surface area (Å²) in [5, 5.41) is 9.21. The fourth-order valence-electron chi connectivity index (χ4n) is 2.28. The van der Waals surface area contributed by atoms with Gasteiger partial charge in [0.15, 0.2) is 0 Å². The number of aliphatic hydroxyl groups excluding tert-OH is 1. The number of thiophene rings is 1. The average Bonchev–Trinajstić information content (AvgIpc) is 3.02. The summed E-state index contributed by atoms with van der Waals surface area (Å²) in [7, 11) is 0. The number of hydrogen-bond acceptors (Lipinski definition) is 4. The van der Waals surface area contributed by atoms with Crippen LogP contribution in [0.1, 0.15) is 30.7 Å². The predicted octanol–water partition coefficient (Wildman–Crippen LogP) is 2.36. The van der Waals surface area contributed by atoms with Crippen LogP contribution in [0.2, 0.25) is 0 Å². The van der Waals surface area contributed by atoms with E-state index < -0.39 is 0 Å². The zero-order chi connectivity index (χ0) is 12.4. The van der Waals surface area contributed by atoms with Gasteiger partial charge in [0.1, 0.15) is 0 Å². The fraction of sp³-hybridized carbons (Fsp3) is 0.667. The topological polar surface area (TPSA) is 49.5 Å². The van der Waals surface area contributed by atoms with E-state index in [1.165, 1.54) is 17.7 Å². The van der Waals surface area contributed by atoms with E-state index in [0.29, 0.717) is 12.6 Å². The lowest BCUT2D eigenvalue weighted by Gasteiger charge is -2.33. The first kappa shape index (κ1) is 13.5. The Morgan fingerprint density at radius 3 is 2.71 bits per heavy atom. The lowest BCUT2D eigenvalue weighted by atomic mass is 10.1. The third-order valence-corrected chi connectivity index (χ3v) is 4.81. The second-order valence-corrected chi connectivity index (χ2v) is 7.13. The van der Waals surface area contributed by atoms with Gasteiger partial charge in [-0.3, -0.25) is 4.90 Å². The molecule has 1 aromatic rings. The minimum atomic E-state index is 0.0766. The van der Waals surface area contributed by atoms with Crippen LogP contribution in [0.4, 0.5) is 0 Å². The summed E-state index contributed by atoms with van der Waals surface area (Å²) in [5.74, 6) is 0. The number of hydrogen-bond donors (Lipinski definition) is 2. The Kier molecular flexibility index (Phi) is 4.60. The Hall–Kier alpha value is 0.0600. The van der Waals surface area contributed by atoms with Crippen LogP contribution in [0.25, 0.3) is 0 Å². The summed E-state index contributed by atoms with van der Waals surface area (Å²) in [4.78, 5) is 3.65. The molecule has 96 valence electrons. The van der Waals surface area contributed by atoms with Crippen LogP contribution in [0.15, 0.2) is 15.9 Å². The Morgan fingerprint density at radius 2 is 2.29 bits per heavy atom. The van der Waals surface area contributed by atoms with E-state index in [9.17, 15) is 5.11 Å². The molecule has 17 heavy (non-hydrogen) atoms. The monoisotopic (exact) mass is 318 g/mol. The molecule has 2 atom stereocenters. The van der Waals surface area contributed by atoms with Gasteiger partial charge in [0.25, 0.3) is 0 Å². The molecule has 5 heteroatoms. The predicted molar refractivity (Wildman–Crippen MR) is 75.2 cm³/mol. The van der Waals surface area contributed by atoms with Crippen LogP contribution in [0, 0.1) is 0 Å². The first-order valence-corrected chi connectivity index (χ1v) is 7.62. The molecule has 1 aromatic heterocycles. The molecule has 1 aliphatic carbocycles. The summed E-state index contributed by atoms with van der Waals surface area (Å²) < 4.78 is 1.14. The quantitative estimate of drug-likeness (QED) is 0.846. The number of nitrogens with two attached hydrogens (primary N) is 1. The van der Waals surface area contributed by atoms with Gasteiger partial charge in [-0.05, 0) is 47.8 Å². The molecule has 1 saturated carbocycles. The first-order valence-electron chi connectivity index (χ1n) is 6.01. The molecule has 3 nitrogen and oxygen atoms in total. The van der Waals surface area contributed by atoms with E-state index in [4.69, 9.17) is 5.73 Å². The van der Waals surface area contributed by atoms with Gasteiger partial charge in [-0.1, -0.05) is 0 Å². The minimum absolute atomic E-state index is 0.0766. The second kappa shape index (κ2) is 5.80. The van der Waals surface area contributed by atoms with Crippen LogP contribution in [0.3, 0.4) is 0 Å². The molecule has 0 bridgehead atoms. The third kappa shape index (κ3) is 3.29. The van der Waals surface area contributed by atoms with Gasteiger partial charge in [-0.2, -0.15) is 0 Å². The zero-order valence-corrected chi connectivity index (χ0v) is 12.4. The highest BCUT2D eigenvalue weighted by Gasteiger charge is 2.36. The Labute approximate surface area is 115 Å². The number of nitrogens with zero attached hydrogens (tertiary/aromatic N) is 1. The van der Waals surface area contributed by atoms with Crippen LogP contribution in [0.5, 0.6) is 0 Å². The highest BCUT2D eigenvalue weighted by Crippen LogP contribution is 2.38. The molecule has 1 aliphatic rings. The van der Waals surface area contributed by atoms with Crippen molar-refractivity contribution in [1.29, 1.82) is 0 Å². The molecule has 3 N–H and O–H groups in total. The minimum Gasteiger partial charge on any atom is -0.395 e. The van der Waals surface area contributed by atoms with Gasteiger partial charge in [-0.15, -0.1) is 11.3 Å². The van der Waals surface area contributed by atoms with Gasteiger partial charge >= 0.3 is 0 Å². The molecular weight excluding hydrogens is 300 g/mol. The van der Waals surface area contributed by atoms with Crippen molar-refractivity contribution in [3.8, 4) is 0 Å². The number of halogens is 1. The van der Waals surface area contributed by atoms with E-state index in [-0.39, 0.29) is 18.7 Å². The molecular formula is C12H19BrN2OS. The zero-order valence-electron chi connectivity index (χ0n) is 9.97. The summed E-state index contributed by atoms with van der Waals surface area (Å²) >= 11 is 5.24. The molecule has 0 spiro atoms. The Balaban J connectivity index is 2.20. The highest BCUT2D eigenvalue weighted by atomic mass is 79.9. The maximum atomic E-state index is 9.21. The third-order valence-electron chi connectivity index (χ3n) is 3.11. The van der Waals surface area contributed by atoms with Gasteiger partial charge in [0, 0.05) is 23.5 Å². The van der Waals surface area contributed by atoms with Crippen molar-refractivity contribution in [1.82, 2.24) is 4.90 Å². The van der Waals surface area contributed by atoms with Gasteiger partial charge in [-0.25, -0.2) is 0 Å². The maximum Gasteiger partial charge on any atom is 0.0702 e. The first-order chi connectivity index (χ1) is 8.13. The molecule has 1 heterocycles. The van der Waals surface area contributed by atoms with E-state index in [0.717, 1.165) is 3.79 Å². The summed E-state index contributed by atoms with van der Waals surface area (Å²) in [5.41, 5.74) is 6.14. The van der Waals surface area contributed by atoms with Crippen LogP contribution in [-0.4, -0.2) is 35.2 Å². The van der Waals surface area contributed by atoms with Crippen molar-refractivity contribution < 1.29 is 5.11 Å². The molecule has 0 radical (unpaired) electrons. The van der Waals surface area contributed by atoms with Crippen molar-refractivity contribution in [2.75, 3.05) is 13.2 Å². The largest absolute Gasteiger partial charge is 0.395 e. The molecule has 2 rings (SSSR count). The van der Waals surface area contributed by atoms with Crippen molar-refractivity contribution in [3.63, 3.8) is 0 Å². The summed E-state index contributed by atoms with van der Waals surface area (Å²) in [6.45, 7) is 2.96. The van der Waals surface area contributed by atoms with E-state index in [1.54, 1.807) is 11.3 Å². The lowest BCUT2D eigenvalue weighted by Crippen LogP contribution is -2.41. The van der Waals surface area contributed by atoms with Crippen molar-refractivity contribution >= 4 is 27.3 Å². The summed E-state index contributed by atoms with van der Waals surface area (Å²) in [6, 6.07) is 5.12. The summed E-state index contributed by atoms with van der Waals surface area (Å²) in [6.07, 6.45) is 2.46. The van der Waals surface area contributed by atoms with Crippen LogP contribution in [-0.2, 0) is 0 Å². The molecule has 0 aliphatic heterocycles. The van der Waals surface area contributed by atoms with Crippen molar-refractivity contribution in [3.05, 3.63) is 20.8 Å². The van der Waals surface area contributed by atoms with Crippen LogP contribution < -0.4 is 5.73 Å². The van der Waals surface area contributed by atoms with E-state index in [2.05, 4.69) is 33.0 Å². The molecule has 0 aromatic carbocycles. The van der Waals surface area contributed by atoms with Crippen molar-refractivity contribution in [2.45, 2.75) is 37.9 Å². The molecule has 2 unspecified atom stereocenters. The normalized spacial score (nSPS) is 19.6. The van der Waals surface area contributed by atoms with E-state index in [1.807, 2.05) is 6.92 Å². The van der Waals surface area contributed by atoms with Crippen LogP contribution >= 0.6 is 27.3 Å². The van der Waals surface area contributed by atoms with Gasteiger partial charge in [0.05, 0.1) is 16.4 Å². The standard InChI is InChI=1S/C12H19BrN2OS/c1-8(14)12(10-4-5-11(13)17-10)15(6-7-16)9-2-3-9/h4-5,8-9,12,16H,2-3,6-7,14H2,1H3. The molecule has 0 amide bonds. The Morgan fingerprint density at radius 1 is 1.59 bits per heavy atom.